The molecule has 3 aromatic rings. The van der Waals surface area contributed by atoms with Crippen LogP contribution in [0.2, 0.25) is 0 Å². The number of nitrogens with one attached hydrogen (secondary N) is 2. The van der Waals surface area contributed by atoms with Gasteiger partial charge in [0, 0.05) is 11.3 Å². The number of aromatic amines is 2. The molecule has 4 heteroatoms. The van der Waals surface area contributed by atoms with Crippen LogP contribution in [0.15, 0.2) is 12.1 Å². The number of fused-ring (bicyclic) bond motifs is 2. The van der Waals surface area contributed by atoms with Gasteiger partial charge in [-0.1, -0.05) is 0 Å². The predicted molar refractivity (Wildman–Crippen MR) is 79.8 cm³/mol. The Kier molecular flexibility index (Phi) is 2.46. The second-order valence-corrected chi connectivity index (χ2v) is 5.78. The van der Waals surface area contributed by atoms with Gasteiger partial charge in [-0.2, -0.15) is 5.10 Å². The van der Waals surface area contributed by atoms with Gasteiger partial charge in [-0.25, -0.2) is 4.98 Å². The van der Waals surface area contributed by atoms with Crippen LogP contribution in [0.1, 0.15) is 35.2 Å². The van der Waals surface area contributed by atoms with Gasteiger partial charge in [0.05, 0.1) is 11.0 Å². The third-order valence-electron chi connectivity index (χ3n) is 4.38. The van der Waals surface area contributed by atoms with Crippen molar-refractivity contribution >= 4 is 11.0 Å². The molecule has 1 aromatic carbocycles. The first-order chi connectivity index (χ1) is 9.72. The van der Waals surface area contributed by atoms with Crippen LogP contribution in [0, 0.1) is 13.8 Å². The normalized spacial score (nSPS) is 14.7. The molecule has 0 atom stereocenters. The van der Waals surface area contributed by atoms with Gasteiger partial charge in [0.25, 0.3) is 0 Å². The lowest BCUT2D eigenvalue weighted by Crippen LogP contribution is -2.01. The fraction of sp³-hybridized carbons (Fsp3) is 0.375. The number of rotatable bonds is 1. The molecule has 0 saturated heterocycles. The lowest BCUT2D eigenvalue weighted by atomic mass is 9.96. The maximum Gasteiger partial charge on any atom is 0.159 e. The van der Waals surface area contributed by atoms with E-state index in [1.165, 1.54) is 35.2 Å². The summed E-state index contributed by atoms with van der Waals surface area (Å²) in [7, 11) is 0. The molecular formula is C16H18N4. The summed E-state index contributed by atoms with van der Waals surface area (Å²) in [6.45, 7) is 4.26. The van der Waals surface area contributed by atoms with Crippen molar-refractivity contribution in [2.75, 3.05) is 0 Å². The molecule has 0 radical (unpaired) electrons. The second-order valence-electron chi connectivity index (χ2n) is 5.78. The predicted octanol–water partition coefficient (Wildman–Crippen LogP) is 3.45. The molecule has 20 heavy (non-hydrogen) atoms. The van der Waals surface area contributed by atoms with Crippen molar-refractivity contribution in [3.63, 3.8) is 0 Å². The molecule has 102 valence electrons. The van der Waals surface area contributed by atoms with Crippen molar-refractivity contribution in [1.29, 1.82) is 0 Å². The zero-order valence-electron chi connectivity index (χ0n) is 11.9. The highest BCUT2D eigenvalue weighted by Gasteiger charge is 2.20. The van der Waals surface area contributed by atoms with E-state index in [1.807, 2.05) is 0 Å². The van der Waals surface area contributed by atoms with Crippen LogP contribution in [0.4, 0.5) is 0 Å². The maximum absolute atomic E-state index is 4.73. The molecule has 0 aliphatic heterocycles. The molecule has 0 saturated carbocycles. The molecular weight excluding hydrogens is 248 g/mol. The fourth-order valence-electron chi connectivity index (χ4n) is 3.06. The number of hydrogen-bond donors (Lipinski definition) is 2. The van der Waals surface area contributed by atoms with Crippen LogP contribution >= 0.6 is 0 Å². The van der Waals surface area contributed by atoms with Gasteiger partial charge >= 0.3 is 0 Å². The Morgan fingerprint density at radius 2 is 1.85 bits per heavy atom. The summed E-state index contributed by atoms with van der Waals surface area (Å²) in [5.41, 5.74) is 8.33. The van der Waals surface area contributed by atoms with E-state index in [9.17, 15) is 0 Å². The lowest BCUT2D eigenvalue weighted by Gasteiger charge is -2.09. The van der Waals surface area contributed by atoms with Gasteiger partial charge in [0.2, 0.25) is 0 Å². The number of hydrogen-bond acceptors (Lipinski definition) is 2. The van der Waals surface area contributed by atoms with Crippen LogP contribution in [0.5, 0.6) is 0 Å². The number of H-pyrrole nitrogens is 2. The third kappa shape index (κ3) is 1.68. The Balaban J connectivity index is 1.88. The minimum atomic E-state index is 0.893. The van der Waals surface area contributed by atoms with Crippen LogP contribution < -0.4 is 0 Å². The van der Waals surface area contributed by atoms with E-state index in [0.717, 1.165) is 35.4 Å². The number of aromatic nitrogens is 4. The Bertz CT molecular complexity index is 755. The van der Waals surface area contributed by atoms with E-state index in [-0.39, 0.29) is 0 Å². The molecule has 0 unspecified atom stereocenters. The number of aryl methyl sites for hydroxylation is 3. The average molecular weight is 266 g/mol. The minimum absolute atomic E-state index is 0.893. The number of benzene rings is 1. The Morgan fingerprint density at radius 1 is 1.05 bits per heavy atom. The highest BCUT2D eigenvalue weighted by atomic mass is 15.1. The number of nitrogens with zero attached hydrogens (tertiary/aromatic N) is 2. The van der Waals surface area contributed by atoms with Crippen LogP contribution in [-0.2, 0) is 12.8 Å². The zero-order valence-corrected chi connectivity index (χ0v) is 11.9. The van der Waals surface area contributed by atoms with E-state index < -0.39 is 0 Å². The summed E-state index contributed by atoms with van der Waals surface area (Å²) in [6, 6.07) is 4.31. The Hall–Kier alpha value is -2.10. The summed E-state index contributed by atoms with van der Waals surface area (Å²) in [5.74, 6) is 0.893. The largest absolute Gasteiger partial charge is 0.337 e. The van der Waals surface area contributed by atoms with Gasteiger partial charge in [-0.15, -0.1) is 0 Å². The number of imidazole rings is 1. The van der Waals surface area contributed by atoms with Crippen molar-refractivity contribution in [1.82, 2.24) is 20.2 Å². The molecule has 0 amide bonds. The van der Waals surface area contributed by atoms with Crippen molar-refractivity contribution in [2.45, 2.75) is 39.5 Å². The summed E-state index contributed by atoms with van der Waals surface area (Å²) in [4.78, 5) is 8.15. The standard InChI is InChI=1S/C16H18N4/c1-9-7-13-14(8-10(9)2)18-16(17-13)15-11-5-3-4-6-12(11)19-20-15/h7-8H,3-6H2,1-2H3,(H,17,18)(H,19,20). The van der Waals surface area contributed by atoms with Gasteiger partial charge in [0.15, 0.2) is 5.82 Å². The van der Waals surface area contributed by atoms with Gasteiger partial charge in [-0.3, -0.25) is 5.10 Å². The van der Waals surface area contributed by atoms with Crippen LogP contribution in [0.3, 0.4) is 0 Å². The molecule has 0 fully saturated rings. The summed E-state index contributed by atoms with van der Waals surface area (Å²) in [6.07, 6.45) is 4.72. The minimum Gasteiger partial charge on any atom is -0.337 e. The molecule has 2 heterocycles. The summed E-state index contributed by atoms with van der Waals surface area (Å²) in [5, 5.41) is 7.67. The maximum atomic E-state index is 4.73. The molecule has 2 aromatic heterocycles. The molecule has 4 rings (SSSR count). The van der Waals surface area contributed by atoms with Crippen LogP contribution in [0.25, 0.3) is 22.6 Å². The molecule has 2 N–H and O–H groups in total. The quantitative estimate of drug-likeness (QED) is 0.708. The van der Waals surface area contributed by atoms with Crippen molar-refractivity contribution in [2.24, 2.45) is 0 Å². The first kappa shape index (κ1) is 11.7. The second kappa shape index (κ2) is 4.20. The highest BCUT2D eigenvalue weighted by molar-refractivity contribution is 5.81. The van der Waals surface area contributed by atoms with E-state index in [1.54, 1.807) is 0 Å². The van der Waals surface area contributed by atoms with Crippen LogP contribution in [-0.4, -0.2) is 20.2 Å². The van der Waals surface area contributed by atoms with Gasteiger partial charge in [0.1, 0.15) is 5.69 Å². The van der Waals surface area contributed by atoms with Gasteiger partial charge in [-0.05, 0) is 62.8 Å². The average Bonchev–Trinajstić information content (AvgIpc) is 3.02. The van der Waals surface area contributed by atoms with Crippen molar-refractivity contribution in [3.05, 3.63) is 34.5 Å². The fourth-order valence-corrected chi connectivity index (χ4v) is 3.06. The first-order valence-corrected chi connectivity index (χ1v) is 7.26. The molecule has 4 nitrogen and oxygen atoms in total. The smallest absolute Gasteiger partial charge is 0.159 e. The summed E-state index contributed by atoms with van der Waals surface area (Å²) < 4.78 is 0. The molecule has 0 bridgehead atoms. The van der Waals surface area contributed by atoms with E-state index in [2.05, 4.69) is 41.2 Å². The van der Waals surface area contributed by atoms with Crippen molar-refractivity contribution in [3.8, 4) is 11.5 Å². The van der Waals surface area contributed by atoms with Crippen molar-refractivity contribution < 1.29 is 0 Å². The Morgan fingerprint density at radius 3 is 2.75 bits per heavy atom. The Labute approximate surface area is 117 Å². The molecule has 1 aliphatic rings. The van der Waals surface area contributed by atoms with E-state index >= 15 is 0 Å². The third-order valence-corrected chi connectivity index (χ3v) is 4.38. The monoisotopic (exact) mass is 266 g/mol. The summed E-state index contributed by atoms with van der Waals surface area (Å²) >= 11 is 0. The zero-order chi connectivity index (χ0) is 13.7. The molecule has 1 aliphatic carbocycles. The highest BCUT2D eigenvalue weighted by Crippen LogP contribution is 2.29. The van der Waals surface area contributed by atoms with Gasteiger partial charge < -0.3 is 4.98 Å². The van der Waals surface area contributed by atoms with E-state index in [4.69, 9.17) is 4.98 Å². The first-order valence-electron chi connectivity index (χ1n) is 7.26. The lowest BCUT2D eigenvalue weighted by molar-refractivity contribution is 0.675. The SMILES string of the molecule is Cc1cc2nc(-c3n[nH]c4c3CCCC4)[nH]c2cc1C. The van der Waals surface area contributed by atoms with E-state index in [0.29, 0.717) is 0 Å². The topological polar surface area (TPSA) is 57.4 Å². The molecule has 0 spiro atoms.